The number of Topliss-reactive ketones (excluding diaryl/α,β-unsaturated/α-hetero) is 1. The zero-order chi connectivity index (χ0) is 19.8. The van der Waals surface area contributed by atoms with Crippen molar-refractivity contribution in [2.45, 2.75) is 51.0 Å². The Bertz CT molecular complexity index is 1140. The normalized spacial score (nSPS) is 16.7. The van der Waals surface area contributed by atoms with E-state index in [2.05, 4.69) is 32.6 Å². The lowest BCUT2D eigenvalue weighted by Gasteiger charge is -2.12. The predicted molar refractivity (Wildman–Crippen MR) is 114 cm³/mol. The minimum Gasteiger partial charge on any atom is -0.383 e. The number of nitrogen functional groups attached to an aromatic ring is 1. The van der Waals surface area contributed by atoms with Gasteiger partial charge in [-0.25, -0.2) is 9.97 Å². The topological polar surface area (TPSA) is 73.8 Å². The molecule has 5 rings (SSSR count). The summed E-state index contributed by atoms with van der Waals surface area (Å²) in [5.74, 6) is 7.75. The third-order valence-electron chi connectivity index (χ3n) is 6.05. The average molecular weight is 384 g/mol. The van der Waals surface area contributed by atoms with Crippen LogP contribution in [0.4, 0.5) is 5.82 Å². The summed E-state index contributed by atoms with van der Waals surface area (Å²) in [6.07, 6.45) is 11.4. The highest BCUT2D eigenvalue weighted by atomic mass is 16.1. The molecule has 0 unspecified atom stereocenters. The average Bonchev–Trinajstić information content (AvgIpc) is 3.24. The molecule has 29 heavy (non-hydrogen) atoms. The van der Waals surface area contributed by atoms with E-state index in [0.29, 0.717) is 24.2 Å². The Morgan fingerprint density at radius 1 is 1.14 bits per heavy atom. The number of anilines is 1. The van der Waals surface area contributed by atoms with Crippen molar-refractivity contribution in [3.63, 3.8) is 0 Å². The van der Waals surface area contributed by atoms with E-state index in [9.17, 15) is 4.79 Å². The van der Waals surface area contributed by atoms with Crippen LogP contribution < -0.4 is 5.73 Å². The molecule has 2 aliphatic rings. The Kier molecular flexibility index (Phi) is 4.55. The van der Waals surface area contributed by atoms with E-state index in [0.717, 1.165) is 40.6 Å². The van der Waals surface area contributed by atoms with Crippen molar-refractivity contribution in [3.8, 4) is 11.8 Å². The van der Waals surface area contributed by atoms with Gasteiger partial charge < -0.3 is 10.3 Å². The second-order valence-electron chi connectivity index (χ2n) is 8.25. The summed E-state index contributed by atoms with van der Waals surface area (Å²) in [5, 5.41) is 0.827. The largest absolute Gasteiger partial charge is 0.383 e. The lowest BCUT2D eigenvalue weighted by Crippen LogP contribution is -2.04. The molecular formula is C24H24N4O. The number of benzene rings is 1. The molecule has 0 spiro atoms. The molecule has 5 heteroatoms. The fourth-order valence-electron chi connectivity index (χ4n) is 4.28. The summed E-state index contributed by atoms with van der Waals surface area (Å²) in [6.45, 7) is 0. The highest BCUT2D eigenvalue weighted by Crippen LogP contribution is 2.35. The summed E-state index contributed by atoms with van der Waals surface area (Å²) >= 11 is 0. The van der Waals surface area contributed by atoms with Gasteiger partial charge in [0.1, 0.15) is 17.8 Å². The number of carbonyl (C=O) groups excluding carboxylic acids is 1. The molecule has 2 aliphatic carbocycles. The lowest BCUT2D eigenvalue weighted by molar-refractivity contribution is 0.0976. The van der Waals surface area contributed by atoms with Crippen molar-refractivity contribution >= 4 is 22.6 Å². The molecule has 146 valence electrons. The van der Waals surface area contributed by atoms with Gasteiger partial charge >= 0.3 is 0 Å². The molecule has 0 radical (unpaired) electrons. The van der Waals surface area contributed by atoms with Crippen LogP contribution in [-0.2, 0) is 0 Å². The number of nitrogens with two attached hydrogens (primary N) is 1. The number of carbonyl (C=O) groups is 1. The third-order valence-corrected chi connectivity index (χ3v) is 6.05. The van der Waals surface area contributed by atoms with Crippen molar-refractivity contribution in [1.82, 2.24) is 14.5 Å². The van der Waals surface area contributed by atoms with Crippen molar-refractivity contribution in [2.75, 3.05) is 5.73 Å². The molecule has 0 amide bonds. The van der Waals surface area contributed by atoms with Gasteiger partial charge in [0.25, 0.3) is 0 Å². The molecule has 2 aromatic heterocycles. The first-order valence-electron chi connectivity index (χ1n) is 10.5. The van der Waals surface area contributed by atoms with Gasteiger partial charge in [-0.15, -0.1) is 0 Å². The second kappa shape index (κ2) is 7.36. The fourth-order valence-corrected chi connectivity index (χ4v) is 4.28. The molecule has 0 bridgehead atoms. The molecule has 2 fully saturated rings. The van der Waals surface area contributed by atoms with Crippen molar-refractivity contribution in [1.29, 1.82) is 0 Å². The van der Waals surface area contributed by atoms with Crippen LogP contribution >= 0.6 is 0 Å². The van der Waals surface area contributed by atoms with Crippen LogP contribution in [0.3, 0.4) is 0 Å². The molecule has 2 saturated carbocycles. The highest BCUT2D eigenvalue weighted by Gasteiger charge is 2.25. The molecule has 2 N–H and O–H groups in total. The van der Waals surface area contributed by atoms with Crippen LogP contribution in [0, 0.1) is 17.8 Å². The fraction of sp³-hybridized carbons (Fsp3) is 0.375. The van der Waals surface area contributed by atoms with Gasteiger partial charge in [0, 0.05) is 29.8 Å². The van der Waals surface area contributed by atoms with Crippen LogP contribution in [0.1, 0.15) is 72.5 Å². The Morgan fingerprint density at radius 3 is 2.76 bits per heavy atom. The molecule has 2 heterocycles. The standard InChI is InChI=1S/C24H24N4O/c25-23-22-19(14-28(20-6-1-2-7-20)24(22)27-15-26-23)11-10-16-4-3-5-18(12-16)21(29)13-17-8-9-17/h3-5,12,14-15,17,20H,1-2,6-9,13H2,(H2,25,26,27). The zero-order valence-electron chi connectivity index (χ0n) is 16.4. The number of nitrogens with zero attached hydrogens (tertiary/aromatic N) is 3. The van der Waals surface area contributed by atoms with Gasteiger partial charge in [-0.2, -0.15) is 0 Å². The van der Waals surface area contributed by atoms with E-state index < -0.39 is 0 Å². The van der Waals surface area contributed by atoms with Crippen molar-refractivity contribution in [2.24, 2.45) is 5.92 Å². The predicted octanol–water partition coefficient (Wildman–Crippen LogP) is 4.51. The van der Waals surface area contributed by atoms with Crippen molar-refractivity contribution in [3.05, 3.63) is 53.5 Å². The van der Waals surface area contributed by atoms with E-state index in [1.165, 1.54) is 32.0 Å². The van der Waals surface area contributed by atoms with Crippen LogP contribution in [0.5, 0.6) is 0 Å². The maximum absolute atomic E-state index is 12.4. The Hall–Kier alpha value is -3.13. The third kappa shape index (κ3) is 3.63. The number of hydrogen-bond donors (Lipinski definition) is 1. The summed E-state index contributed by atoms with van der Waals surface area (Å²) < 4.78 is 2.22. The maximum Gasteiger partial charge on any atom is 0.163 e. The molecule has 5 nitrogen and oxygen atoms in total. The van der Waals surface area contributed by atoms with Gasteiger partial charge in [-0.05, 0) is 43.7 Å². The molecule has 0 atom stereocenters. The minimum atomic E-state index is 0.214. The van der Waals surface area contributed by atoms with E-state index in [1.807, 2.05) is 24.3 Å². The van der Waals surface area contributed by atoms with E-state index >= 15 is 0 Å². The second-order valence-corrected chi connectivity index (χ2v) is 8.25. The smallest absolute Gasteiger partial charge is 0.163 e. The quantitative estimate of drug-likeness (QED) is 0.530. The number of hydrogen-bond acceptors (Lipinski definition) is 4. The Balaban J connectivity index is 1.50. The number of fused-ring (bicyclic) bond motifs is 1. The van der Waals surface area contributed by atoms with Gasteiger partial charge in [0.05, 0.1) is 10.9 Å². The summed E-state index contributed by atoms with van der Waals surface area (Å²) in [6, 6.07) is 8.08. The first-order valence-corrected chi connectivity index (χ1v) is 10.5. The molecular weight excluding hydrogens is 360 g/mol. The Morgan fingerprint density at radius 2 is 1.97 bits per heavy atom. The molecule has 0 saturated heterocycles. The SMILES string of the molecule is Nc1ncnc2c1c(C#Cc1cccc(C(=O)CC3CC3)c1)cn2C1CCCC1. The number of ketones is 1. The maximum atomic E-state index is 12.4. The summed E-state index contributed by atoms with van der Waals surface area (Å²) in [4.78, 5) is 21.1. The molecule has 1 aromatic carbocycles. The molecule has 3 aromatic rings. The van der Waals surface area contributed by atoms with Crippen LogP contribution in [-0.4, -0.2) is 20.3 Å². The monoisotopic (exact) mass is 384 g/mol. The van der Waals surface area contributed by atoms with Crippen LogP contribution in [0.15, 0.2) is 36.8 Å². The Labute approximate surface area is 170 Å². The van der Waals surface area contributed by atoms with Gasteiger partial charge in [-0.1, -0.05) is 36.8 Å². The summed E-state index contributed by atoms with van der Waals surface area (Å²) in [5.41, 5.74) is 9.47. The first kappa shape index (κ1) is 17.9. The zero-order valence-corrected chi connectivity index (χ0v) is 16.4. The summed E-state index contributed by atoms with van der Waals surface area (Å²) in [7, 11) is 0. The number of rotatable bonds is 4. The van der Waals surface area contributed by atoms with Crippen molar-refractivity contribution < 1.29 is 4.79 Å². The van der Waals surface area contributed by atoms with Gasteiger partial charge in [-0.3, -0.25) is 4.79 Å². The van der Waals surface area contributed by atoms with Crippen LogP contribution in [0.2, 0.25) is 0 Å². The van der Waals surface area contributed by atoms with E-state index in [1.54, 1.807) is 0 Å². The lowest BCUT2D eigenvalue weighted by atomic mass is 10.0. The van der Waals surface area contributed by atoms with E-state index in [4.69, 9.17) is 5.73 Å². The van der Waals surface area contributed by atoms with E-state index in [-0.39, 0.29) is 5.78 Å². The minimum absolute atomic E-state index is 0.214. The molecule has 0 aliphatic heterocycles. The highest BCUT2D eigenvalue weighted by molar-refractivity contribution is 5.97. The number of aromatic nitrogens is 3. The van der Waals surface area contributed by atoms with Gasteiger partial charge in [0.2, 0.25) is 0 Å². The van der Waals surface area contributed by atoms with Gasteiger partial charge in [0.15, 0.2) is 5.78 Å². The van der Waals surface area contributed by atoms with Crippen LogP contribution in [0.25, 0.3) is 11.0 Å². The first-order chi connectivity index (χ1) is 14.2.